The molecule has 0 aromatic carbocycles. The van der Waals surface area contributed by atoms with Gasteiger partial charge in [0.25, 0.3) is 0 Å². The largest absolute Gasteiger partial charge is 0.368 e. The number of anilines is 1. The van der Waals surface area contributed by atoms with Gasteiger partial charge < -0.3 is 16.4 Å². The van der Waals surface area contributed by atoms with E-state index in [2.05, 4.69) is 25.7 Å². The molecular formula is C13H17N7O. The van der Waals surface area contributed by atoms with Gasteiger partial charge in [-0.1, -0.05) is 0 Å². The summed E-state index contributed by atoms with van der Waals surface area (Å²) in [5.74, 6) is 0.173. The van der Waals surface area contributed by atoms with Crippen molar-refractivity contribution in [1.82, 2.24) is 25.1 Å². The van der Waals surface area contributed by atoms with Crippen LogP contribution in [0.4, 0.5) is 5.95 Å². The van der Waals surface area contributed by atoms with Crippen molar-refractivity contribution in [1.29, 1.82) is 0 Å². The van der Waals surface area contributed by atoms with Crippen LogP contribution in [0.3, 0.4) is 0 Å². The Labute approximate surface area is 121 Å². The molecule has 0 bridgehead atoms. The van der Waals surface area contributed by atoms with Gasteiger partial charge in [-0.25, -0.2) is 9.97 Å². The summed E-state index contributed by atoms with van der Waals surface area (Å²) in [5, 5.41) is 10.7. The molecule has 0 radical (unpaired) electrons. The zero-order valence-electron chi connectivity index (χ0n) is 11.5. The second-order valence-corrected chi connectivity index (χ2v) is 4.99. The standard InChI is InChI=1S/C13H17N7O/c14-12(21)8-20-7-9(5-17-20)11-2-4-16-13(19-11)18-10-1-3-15-6-10/h2,4-5,7,10,15H,1,3,6,8H2,(H2,14,21)(H,16,18,19). The Kier molecular flexibility index (Phi) is 3.78. The number of amides is 1. The highest BCUT2D eigenvalue weighted by Gasteiger charge is 2.15. The van der Waals surface area contributed by atoms with Gasteiger partial charge >= 0.3 is 0 Å². The van der Waals surface area contributed by atoms with E-state index in [-0.39, 0.29) is 6.54 Å². The summed E-state index contributed by atoms with van der Waals surface area (Å²) in [6.07, 6.45) is 6.17. The molecule has 4 N–H and O–H groups in total. The minimum absolute atomic E-state index is 0.0595. The fourth-order valence-electron chi connectivity index (χ4n) is 2.29. The zero-order chi connectivity index (χ0) is 14.7. The van der Waals surface area contributed by atoms with Crippen LogP contribution in [-0.2, 0) is 11.3 Å². The van der Waals surface area contributed by atoms with E-state index < -0.39 is 5.91 Å². The normalized spacial score (nSPS) is 17.8. The zero-order valence-corrected chi connectivity index (χ0v) is 11.5. The van der Waals surface area contributed by atoms with Gasteiger partial charge in [-0.05, 0) is 19.0 Å². The van der Waals surface area contributed by atoms with Gasteiger partial charge in [0.15, 0.2) is 0 Å². The summed E-state index contributed by atoms with van der Waals surface area (Å²) < 4.78 is 1.49. The van der Waals surface area contributed by atoms with Crippen LogP contribution in [0.5, 0.6) is 0 Å². The van der Waals surface area contributed by atoms with E-state index in [9.17, 15) is 4.79 Å². The molecule has 110 valence electrons. The van der Waals surface area contributed by atoms with Crippen LogP contribution in [0, 0.1) is 0 Å². The first-order chi connectivity index (χ1) is 10.2. The molecule has 1 amide bonds. The first-order valence-corrected chi connectivity index (χ1v) is 6.82. The quantitative estimate of drug-likeness (QED) is 0.690. The van der Waals surface area contributed by atoms with E-state index >= 15 is 0 Å². The lowest BCUT2D eigenvalue weighted by Crippen LogP contribution is -2.23. The summed E-state index contributed by atoms with van der Waals surface area (Å²) in [6, 6.07) is 2.17. The van der Waals surface area contributed by atoms with E-state index in [0.29, 0.717) is 12.0 Å². The van der Waals surface area contributed by atoms with Gasteiger partial charge in [-0.3, -0.25) is 9.48 Å². The van der Waals surface area contributed by atoms with Gasteiger partial charge in [0, 0.05) is 30.5 Å². The average molecular weight is 287 g/mol. The molecule has 2 aromatic rings. The fourth-order valence-corrected chi connectivity index (χ4v) is 2.29. The van der Waals surface area contributed by atoms with Crippen molar-refractivity contribution in [3.63, 3.8) is 0 Å². The molecule has 0 spiro atoms. The van der Waals surface area contributed by atoms with Crippen LogP contribution in [-0.4, -0.2) is 44.8 Å². The molecule has 8 nitrogen and oxygen atoms in total. The summed E-state index contributed by atoms with van der Waals surface area (Å²) >= 11 is 0. The van der Waals surface area contributed by atoms with Crippen molar-refractivity contribution in [2.24, 2.45) is 5.73 Å². The van der Waals surface area contributed by atoms with Crippen molar-refractivity contribution >= 4 is 11.9 Å². The number of aromatic nitrogens is 4. The number of nitrogens with zero attached hydrogens (tertiary/aromatic N) is 4. The summed E-state index contributed by atoms with van der Waals surface area (Å²) in [4.78, 5) is 19.6. The predicted molar refractivity (Wildman–Crippen MR) is 77.3 cm³/mol. The maximum atomic E-state index is 10.9. The van der Waals surface area contributed by atoms with Crippen molar-refractivity contribution in [2.45, 2.75) is 19.0 Å². The number of rotatable bonds is 5. The van der Waals surface area contributed by atoms with Crippen molar-refractivity contribution in [3.05, 3.63) is 24.7 Å². The molecule has 3 rings (SSSR count). The van der Waals surface area contributed by atoms with Gasteiger partial charge in [-0.15, -0.1) is 0 Å². The number of carbonyl (C=O) groups is 1. The maximum Gasteiger partial charge on any atom is 0.239 e. The fraction of sp³-hybridized carbons (Fsp3) is 0.385. The van der Waals surface area contributed by atoms with E-state index in [4.69, 9.17) is 5.73 Å². The molecule has 2 aromatic heterocycles. The second-order valence-electron chi connectivity index (χ2n) is 4.99. The number of primary amides is 1. The molecule has 1 aliphatic heterocycles. The minimum Gasteiger partial charge on any atom is -0.368 e. The Morgan fingerprint density at radius 1 is 1.57 bits per heavy atom. The van der Waals surface area contributed by atoms with Crippen molar-refractivity contribution < 1.29 is 4.79 Å². The molecule has 1 atom stereocenters. The molecule has 1 unspecified atom stereocenters. The summed E-state index contributed by atoms with van der Waals surface area (Å²) in [5.41, 5.74) is 6.73. The highest BCUT2D eigenvalue weighted by molar-refractivity contribution is 5.73. The Hall–Kier alpha value is -2.48. The van der Waals surface area contributed by atoms with Crippen molar-refractivity contribution in [2.75, 3.05) is 18.4 Å². The third kappa shape index (κ3) is 3.34. The van der Waals surface area contributed by atoms with Gasteiger partial charge in [0.2, 0.25) is 11.9 Å². The molecule has 8 heteroatoms. The van der Waals surface area contributed by atoms with Crippen LogP contribution < -0.4 is 16.4 Å². The van der Waals surface area contributed by atoms with Crippen LogP contribution >= 0.6 is 0 Å². The van der Waals surface area contributed by atoms with Crippen LogP contribution in [0.25, 0.3) is 11.3 Å². The van der Waals surface area contributed by atoms with Crippen LogP contribution in [0.2, 0.25) is 0 Å². The monoisotopic (exact) mass is 287 g/mol. The summed E-state index contributed by atoms with van der Waals surface area (Å²) in [7, 11) is 0. The predicted octanol–water partition coefficient (Wildman–Crippen LogP) is -0.401. The topological polar surface area (TPSA) is 111 Å². The Morgan fingerprint density at radius 3 is 3.24 bits per heavy atom. The lowest BCUT2D eigenvalue weighted by atomic mass is 10.2. The van der Waals surface area contributed by atoms with Crippen LogP contribution in [0.1, 0.15) is 6.42 Å². The number of hydrogen-bond acceptors (Lipinski definition) is 6. The molecular weight excluding hydrogens is 270 g/mol. The van der Waals surface area contributed by atoms with Crippen molar-refractivity contribution in [3.8, 4) is 11.3 Å². The third-order valence-corrected chi connectivity index (χ3v) is 3.30. The molecule has 3 heterocycles. The first-order valence-electron chi connectivity index (χ1n) is 6.82. The Morgan fingerprint density at radius 2 is 2.48 bits per heavy atom. The lowest BCUT2D eigenvalue weighted by molar-refractivity contribution is -0.118. The average Bonchev–Trinajstić information content (AvgIpc) is 3.10. The van der Waals surface area contributed by atoms with E-state index in [1.54, 1.807) is 18.6 Å². The number of nitrogens with one attached hydrogen (secondary N) is 2. The molecule has 21 heavy (non-hydrogen) atoms. The summed E-state index contributed by atoms with van der Waals surface area (Å²) in [6.45, 7) is 1.99. The SMILES string of the molecule is NC(=O)Cn1cc(-c2ccnc(NC3CCNC3)n2)cn1. The second kappa shape index (κ2) is 5.88. The molecule has 1 fully saturated rings. The van der Waals surface area contributed by atoms with Gasteiger partial charge in [0.05, 0.1) is 11.9 Å². The molecule has 0 aliphatic carbocycles. The molecule has 1 saturated heterocycles. The van der Waals surface area contributed by atoms with E-state index in [1.807, 2.05) is 6.07 Å². The Balaban J connectivity index is 1.75. The number of nitrogens with two attached hydrogens (primary N) is 1. The number of hydrogen-bond donors (Lipinski definition) is 3. The van der Waals surface area contributed by atoms with Crippen LogP contribution in [0.15, 0.2) is 24.7 Å². The third-order valence-electron chi connectivity index (χ3n) is 3.30. The highest BCUT2D eigenvalue weighted by atomic mass is 16.1. The lowest BCUT2D eigenvalue weighted by Gasteiger charge is -2.11. The minimum atomic E-state index is -0.427. The Bertz CT molecular complexity index is 633. The molecule has 1 aliphatic rings. The van der Waals surface area contributed by atoms with Gasteiger partial charge in [-0.2, -0.15) is 5.10 Å². The first kappa shape index (κ1) is 13.5. The highest BCUT2D eigenvalue weighted by Crippen LogP contribution is 2.17. The smallest absolute Gasteiger partial charge is 0.239 e. The number of carbonyl (C=O) groups excluding carboxylic acids is 1. The van der Waals surface area contributed by atoms with E-state index in [0.717, 1.165) is 30.8 Å². The maximum absolute atomic E-state index is 10.9. The molecule has 0 saturated carbocycles. The van der Waals surface area contributed by atoms with E-state index in [1.165, 1.54) is 4.68 Å². The van der Waals surface area contributed by atoms with Gasteiger partial charge in [0.1, 0.15) is 6.54 Å².